The van der Waals surface area contributed by atoms with Crippen molar-refractivity contribution in [3.8, 4) is 0 Å². The standard InChI is InChI=1S/C12H16NO2P/c1-3-13(4-2)16-14-9-11-7-5-6-8-12(11)10-15-16/h5-10H,3-4H2,1-2H3. The minimum Gasteiger partial charge on any atom is -0.416 e. The Morgan fingerprint density at radius 2 is 1.50 bits per heavy atom. The molecule has 0 aliphatic rings. The average molecular weight is 237 g/mol. The maximum absolute atomic E-state index is 5.69. The molecule has 2 rings (SSSR count). The molecule has 2 aromatic rings. The maximum Gasteiger partial charge on any atom is 0.308 e. The van der Waals surface area contributed by atoms with Gasteiger partial charge in [-0.1, -0.05) is 38.1 Å². The molecule has 0 spiro atoms. The summed E-state index contributed by atoms with van der Waals surface area (Å²) in [6.45, 7) is 6.08. The topological polar surface area (TPSA) is 29.5 Å². The molecule has 3 nitrogen and oxygen atoms in total. The quantitative estimate of drug-likeness (QED) is 0.804. The second-order valence-electron chi connectivity index (χ2n) is 3.45. The number of fused-ring (bicyclic) bond motifs is 1. The molecule has 0 unspecified atom stereocenters. The molecule has 0 aliphatic heterocycles. The van der Waals surface area contributed by atoms with Crippen molar-refractivity contribution in [2.75, 3.05) is 17.8 Å². The van der Waals surface area contributed by atoms with Gasteiger partial charge in [0.15, 0.2) is 0 Å². The summed E-state index contributed by atoms with van der Waals surface area (Å²) in [6.07, 6.45) is 3.59. The van der Waals surface area contributed by atoms with E-state index in [9.17, 15) is 0 Å². The molecule has 0 aliphatic carbocycles. The van der Waals surface area contributed by atoms with E-state index in [4.69, 9.17) is 8.39 Å². The fourth-order valence-corrected chi connectivity index (χ4v) is 2.73. The van der Waals surface area contributed by atoms with E-state index in [1.807, 2.05) is 24.3 Å². The highest BCUT2D eigenvalue weighted by Crippen LogP contribution is 2.29. The fourth-order valence-electron chi connectivity index (χ4n) is 1.54. The van der Waals surface area contributed by atoms with Gasteiger partial charge in [0.2, 0.25) is 0 Å². The normalized spacial score (nSPS) is 10.9. The summed E-state index contributed by atoms with van der Waals surface area (Å²) in [7, 11) is -0.986. The fraction of sp³-hybridized carbons (Fsp3) is 0.333. The van der Waals surface area contributed by atoms with Crippen LogP contribution < -0.4 is 4.67 Å². The van der Waals surface area contributed by atoms with Crippen LogP contribution in [0.15, 0.2) is 45.2 Å². The van der Waals surface area contributed by atoms with Gasteiger partial charge in [0.1, 0.15) is 12.5 Å². The van der Waals surface area contributed by atoms with E-state index < -0.39 is 8.16 Å². The average Bonchev–Trinajstić information content (AvgIpc) is 2.54. The third-order valence-corrected chi connectivity index (χ3v) is 4.10. The van der Waals surface area contributed by atoms with Crippen LogP contribution in [0.25, 0.3) is 10.8 Å². The van der Waals surface area contributed by atoms with E-state index in [0.717, 1.165) is 23.9 Å². The van der Waals surface area contributed by atoms with Gasteiger partial charge in [-0.25, -0.2) is 4.67 Å². The minimum atomic E-state index is -0.986. The lowest BCUT2D eigenvalue weighted by Crippen LogP contribution is -2.17. The Bertz CT molecular complexity index is 454. The predicted molar refractivity (Wildman–Crippen MR) is 68.1 cm³/mol. The largest absolute Gasteiger partial charge is 0.416 e. The molecule has 0 amide bonds. The molecular formula is C12H16NO2P. The zero-order chi connectivity index (χ0) is 11.4. The van der Waals surface area contributed by atoms with Gasteiger partial charge in [-0.3, -0.25) is 0 Å². The van der Waals surface area contributed by atoms with Gasteiger partial charge in [-0.2, -0.15) is 0 Å². The van der Waals surface area contributed by atoms with Gasteiger partial charge in [-0.05, 0) is 0 Å². The highest BCUT2D eigenvalue weighted by Gasteiger charge is 2.06. The summed E-state index contributed by atoms with van der Waals surface area (Å²) in [5.41, 5.74) is 0. The van der Waals surface area contributed by atoms with Crippen LogP contribution in [0.4, 0.5) is 0 Å². The molecule has 16 heavy (non-hydrogen) atoms. The lowest BCUT2D eigenvalue weighted by molar-refractivity contribution is 0.578. The van der Waals surface area contributed by atoms with Crippen molar-refractivity contribution in [3.63, 3.8) is 0 Å². The van der Waals surface area contributed by atoms with Crippen molar-refractivity contribution in [1.29, 1.82) is 0 Å². The smallest absolute Gasteiger partial charge is 0.308 e. The lowest BCUT2D eigenvalue weighted by atomic mass is 10.2. The van der Waals surface area contributed by atoms with Crippen LogP contribution in [-0.4, -0.2) is 13.1 Å². The van der Waals surface area contributed by atoms with Gasteiger partial charge >= 0.3 is 8.16 Å². The zero-order valence-corrected chi connectivity index (χ0v) is 10.5. The first kappa shape index (κ1) is 11.3. The van der Waals surface area contributed by atoms with Crippen LogP contribution in [0.3, 0.4) is 0 Å². The Morgan fingerprint density at radius 1 is 1.00 bits per heavy atom. The number of benzene rings is 1. The molecular weight excluding hydrogens is 221 g/mol. The zero-order valence-electron chi connectivity index (χ0n) is 9.59. The van der Waals surface area contributed by atoms with Crippen molar-refractivity contribution in [1.82, 2.24) is 0 Å². The molecule has 1 aromatic carbocycles. The molecule has 0 saturated heterocycles. The molecule has 0 N–H and O–H groups in total. The summed E-state index contributed by atoms with van der Waals surface area (Å²) in [5.74, 6) is 0. The van der Waals surface area contributed by atoms with Crippen LogP contribution in [0.5, 0.6) is 0 Å². The summed E-state index contributed by atoms with van der Waals surface area (Å²) < 4.78 is 13.5. The molecule has 0 bridgehead atoms. The molecule has 1 heterocycles. The Morgan fingerprint density at radius 3 is 1.94 bits per heavy atom. The monoisotopic (exact) mass is 237 g/mol. The lowest BCUT2D eigenvalue weighted by Gasteiger charge is -2.11. The molecule has 0 fully saturated rings. The van der Waals surface area contributed by atoms with Crippen LogP contribution in [-0.2, 0) is 0 Å². The van der Waals surface area contributed by atoms with Gasteiger partial charge in [0.05, 0.1) is 0 Å². The maximum atomic E-state index is 5.69. The van der Waals surface area contributed by atoms with Crippen molar-refractivity contribution in [2.45, 2.75) is 13.8 Å². The summed E-state index contributed by atoms with van der Waals surface area (Å²) in [5, 5.41) is 2.14. The van der Waals surface area contributed by atoms with Gasteiger partial charge in [0.25, 0.3) is 0 Å². The summed E-state index contributed by atoms with van der Waals surface area (Å²) in [4.78, 5) is 0. The van der Waals surface area contributed by atoms with E-state index in [2.05, 4.69) is 18.5 Å². The summed E-state index contributed by atoms with van der Waals surface area (Å²) in [6, 6.07) is 8.04. The third-order valence-electron chi connectivity index (χ3n) is 2.50. The third kappa shape index (κ3) is 2.31. The van der Waals surface area contributed by atoms with Crippen LogP contribution >= 0.6 is 8.16 Å². The first-order valence-corrected chi connectivity index (χ1v) is 6.62. The number of hydrogen-bond donors (Lipinski definition) is 0. The second-order valence-corrected chi connectivity index (χ2v) is 4.92. The first-order chi connectivity index (χ1) is 7.85. The van der Waals surface area contributed by atoms with Crippen molar-refractivity contribution in [2.24, 2.45) is 0 Å². The molecule has 4 heteroatoms. The van der Waals surface area contributed by atoms with Crippen molar-refractivity contribution < 1.29 is 8.39 Å². The van der Waals surface area contributed by atoms with Crippen LogP contribution in [0.1, 0.15) is 13.8 Å². The van der Waals surface area contributed by atoms with E-state index >= 15 is 0 Å². The van der Waals surface area contributed by atoms with E-state index in [0.29, 0.717) is 0 Å². The van der Waals surface area contributed by atoms with E-state index in [-0.39, 0.29) is 0 Å². The number of rotatable bonds is 3. The second kappa shape index (κ2) is 5.24. The van der Waals surface area contributed by atoms with E-state index in [1.54, 1.807) is 12.5 Å². The highest BCUT2D eigenvalue weighted by atomic mass is 31.1. The van der Waals surface area contributed by atoms with Gasteiger partial charge < -0.3 is 8.39 Å². The molecule has 1 aromatic heterocycles. The SMILES string of the molecule is CCN(CC)p1occ2ccccc2co1. The molecule has 0 atom stereocenters. The number of hydrogen-bond acceptors (Lipinski definition) is 3. The molecule has 0 radical (unpaired) electrons. The van der Waals surface area contributed by atoms with Gasteiger partial charge in [-0.15, -0.1) is 0 Å². The number of nitrogens with zero attached hydrogens (tertiary/aromatic N) is 1. The Kier molecular flexibility index (Phi) is 3.70. The van der Waals surface area contributed by atoms with Crippen molar-refractivity contribution >= 4 is 18.9 Å². The summed E-state index contributed by atoms with van der Waals surface area (Å²) >= 11 is 0. The minimum absolute atomic E-state index is 0.931. The van der Waals surface area contributed by atoms with E-state index in [1.165, 1.54) is 0 Å². The Labute approximate surface area is 96.3 Å². The Hall–Kier alpha value is -1.18. The first-order valence-electron chi connectivity index (χ1n) is 5.49. The Balaban J connectivity index is 2.51. The highest BCUT2D eigenvalue weighted by molar-refractivity contribution is 7.38. The molecule has 86 valence electrons. The predicted octanol–water partition coefficient (Wildman–Crippen LogP) is 4.11. The van der Waals surface area contributed by atoms with Gasteiger partial charge in [0, 0.05) is 23.9 Å². The molecule has 0 saturated carbocycles. The van der Waals surface area contributed by atoms with Crippen LogP contribution in [0, 0.1) is 0 Å². The van der Waals surface area contributed by atoms with Crippen molar-refractivity contribution in [3.05, 3.63) is 36.8 Å². The van der Waals surface area contributed by atoms with Crippen LogP contribution in [0.2, 0.25) is 0 Å².